The molecule has 2 aromatic rings. The Bertz CT molecular complexity index is 609. The molecule has 0 unspecified atom stereocenters. The molecule has 1 aromatic heterocycles. The van der Waals surface area contributed by atoms with Gasteiger partial charge in [-0.2, -0.15) is 15.0 Å². The third-order valence-electron chi connectivity index (χ3n) is 2.47. The molecule has 21 heavy (non-hydrogen) atoms. The molecule has 0 fully saturated rings. The van der Waals surface area contributed by atoms with E-state index < -0.39 is 0 Å². The van der Waals surface area contributed by atoms with Gasteiger partial charge in [0.05, 0.1) is 6.10 Å². The SMILES string of the molecule is CNc1nc(OC(C)C)nc(SCc2ccccc2Cl)n1. The van der Waals surface area contributed by atoms with E-state index in [0.717, 1.165) is 10.6 Å². The van der Waals surface area contributed by atoms with Crippen LogP contribution >= 0.6 is 23.4 Å². The maximum atomic E-state index is 6.15. The summed E-state index contributed by atoms with van der Waals surface area (Å²) in [5, 5.41) is 4.25. The summed E-state index contributed by atoms with van der Waals surface area (Å²) < 4.78 is 5.53. The Morgan fingerprint density at radius 1 is 1.24 bits per heavy atom. The second-order valence-corrected chi connectivity index (χ2v) is 5.87. The Morgan fingerprint density at radius 3 is 2.67 bits per heavy atom. The van der Waals surface area contributed by atoms with Gasteiger partial charge in [-0.1, -0.05) is 41.6 Å². The van der Waals surface area contributed by atoms with Gasteiger partial charge in [-0.05, 0) is 25.5 Å². The summed E-state index contributed by atoms with van der Waals surface area (Å²) in [6.45, 7) is 3.86. The zero-order valence-electron chi connectivity index (χ0n) is 12.1. The zero-order chi connectivity index (χ0) is 15.2. The van der Waals surface area contributed by atoms with Crippen molar-refractivity contribution in [3.8, 4) is 6.01 Å². The average molecular weight is 325 g/mol. The second kappa shape index (κ2) is 7.47. The van der Waals surface area contributed by atoms with Gasteiger partial charge in [-0.3, -0.25) is 0 Å². The first kappa shape index (κ1) is 15.9. The molecule has 0 aliphatic rings. The molecule has 0 spiro atoms. The quantitative estimate of drug-likeness (QED) is 0.818. The lowest BCUT2D eigenvalue weighted by Gasteiger charge is -2.10. The standard InChI is InChI=1S/C14H17ClN4OS/c1-9(2)20-13-17-12(16-3)18-14(19-13)21-8-10-6-4-5-7-11(10)15/h4-7,9H,8H2,1-3H3,(H,16,17,18,19). The van der Waals surface area contributed by atoms with Crippen LogP contribution in [0.1, 0.15) is 19.4 Å². The van der Waals surface area contributed by atoms with Crippen molar-refractivity contribution in [3.63, 3.8) is 0 Å². The molecule has 0 aliphatic heterocycles. The average Bonchev–Trinajstić information content (AvgIpc) is 2.45. The maximum Gasteiger partial charge on any atom is 0.322 e. The number of nitrogens with one attached hydrogen (secondary N) is 1. The van der Waals surface area contributed by atoms with E-state index in [4.69, 9.17) is 16.3 Å². The van der Waals surface area contributed by atoms with Crippen LogP contribution < -0.4 is 10.1 Å². The number of nitrogens with zero attached hydrogens (tertiary/aromatic N) is 3. The molecule has 2 rings (SSSR count). The number of rotatable bonds is 6. The van der Waals surface area contributed by atoms with Gasteiger partial charge in [-0.25, -0.2) is 0 Å². The van der Waals surface area contributed by atoms with E-state index >= 15 is 0 Å². The summed E-state index contributed by atoms with van der Waals surface area (Å²) in [5.74, 6) is 1.18. The molecule has 0 bridgehead atoms. The fourth-order valence-electron chi connectivity index (χ4n) is 1.54. The monoisotopic (exact) mass is 324 g/mol. The van der Waals surface area contributed by atoms with Crippen molar-refractivity contribution in [2.45, 2.75) is 30.9 Å². The largest absolute Gasteiger partial charge is 0.461 e. The molecule has 0 radical (unpaired) electrons. The van der Waals surface area contributed by atoms with E-state index in [0.29, 0.717) is 22.9 Å². The molecule has 0 amide bonds. The number of halogens is 1. The molecule has 112 valence electrons. The smallest absolute Gasteiger partial charge is 0.322 e. The van der Waals surface area contributed by atoms with Gasteiger partial charge in [0, 0.05) is 17.8 Å². The summed E-state index contributed by atoms with van der Waals surface area (Å²) in [6.07, 6.45) is 0.0125. The molecule has 0 aliphatic carbocycles. The highest BCUT2D eigenvalue weighted by atomic mass is 35.5. The Morgan fingerprint density at radius 2 is 2.00 bits per heavy atom. The van der Waals surface area contributed by atoms with Crippen LogP contribution in [0, 0.1) is 0 Å². The van der Waals surface area contributed by atoms with Crippen molar-refractivity contribution >= 4 is 29.3 Å². The van der Waals surface area contributed by atoms with Crippen molar-refractivity contribution < 1.29 is 4.74 Å². The lowest BCUT2D eigenvalue weighted by atomic mass is 10.2. The summed E-state index contributed by atoms with van der Waals surface area (Å²) in [6, 6.07) is 8.05. The normalized spacial score (nSPS) is 10.7. The van der Waals surface area contributed by atoms with Crippen molar-refractivity contribution in [1.29, 1.82) is 0 Å². The molecule has 0 saturated heterocycles. The Balaban J connectivity index is 2.13. The van der Waals surface area contributed by atoms with E-state index in [1.54, 1.807) is 7.05 Å². The molecule has 0 saturated carbocycles. The Labute approximate surface area is 133 Å². The maximum absolute atomic E-state index is 6.15. The van der Waals surface area contributed by atoms with Crippen LogP contribution in [0.5, 0.6) is 6.01 Å². The third kappa shape index (κ3) is 4.75. The fourth-order valence-corrected chi connectivity index (χ4v) is 2.65. The van der Waals surface area contributed by atoms with Crippen LogP contribution in [0.3, 0.4) is 0 Å². The van der Waals surface area contributed by atoms with Crippen LogP contribution in [0.25, 0.3) is 0 Å². The molecule has 1 N–H and O–H groups in total. The third-order valence-corrected chi connectivity index (χ3v) is 3.74. The summed E-state index contributed by atoms with van der Waals surface area (Å²) >= 11 is 7.64. The molecule has 0 atom stereocenters. The number of benzene rings is 1. The number of thioether (sulfide) groups is 1. The molecular formula is C14H17ClN4OS. The Kier molecular flexibility index (Phi) is 5.64. The number of ether oxygens (including phenoxy) is 1. The van der Waals surface area contributed by atoms with Crippen molar-refractivity contribution in [3.05, 3.63) is 34.9 Å². The zero-order valence-corrected chi connectivity index (χ0v) is 13.7. The van der Waals surface area contributed by atoms with Gasteiger partial charge in [0.25, 0.3) is 0 Å². The first-order valence-corrected chi connectivity index (χ1v) is 7.91. The molecule has 1 heterocycles. The highest BCUT2D eigenvalue weighted by Gasteiger charge is 2.09. The van der Waals surface area contributed by atoms with Crippen molar-refractivity contribution in [2.75, 3.05) is 12.4 Å². The van der Waals surface area contributed by atoms with Gasteiger partial charge in [0.2, 0.25) is 5.95 Å². The van der Waals surface area contributed by atoms with Crippen molar-refractivity contribution in [1.82, 2.24) is 15.0 Å². The summed E-state index contributed by atoms with van der Waals surface area (Å²) in [7, 11) is 1.76. The minimum Gasteiger partial charge on any atom is -0.461 e. The molecule has 1 aromatic carbocycles. The second-order valence-electron chi connectivity index (χ2n) is 4.52. The lowest BCUT2D eigenvalue weighted by molar-refractivity contribution is 0.219. The Hall–Kier alpha value is -1.53. The number of hydrogen-bond acceptors (Lipinski definition) is 6. The first-order chi connectivity index (χ1) is 10.1. The fraction of sp³-hybridized carbons (Fsp3) is 0.357. The van der Waals surface area contributed by atoms with Gasteiger partial charge < -0.3 is 10.1 Å². The van der Waals surface area contributed by atoms with E-state index in [2.05, 4.69) is 20.3 Å². The van der Waals surface area contributed by atoms with E-state index in [1.165, 1.54) is 11.8 Å². The predicted octanol–water partition coefficient (Wildman–Crippen LogP) is 3.65. The van der Waals surface area contributed by atoms with Gasteiger partial charge >= 0.3 is 6.01 Å². The van der Waals surface area contributed by atoms with Gasteiger partial charge in [0.15, 0.2) is 5.16 Å². The number of aromatic nitrogens is 3. The summed E-state index contributed by atoms with van der Waals surface area (Å²) in [5.41, 5.74) is 1.04. The van der Waals surface area contributed by atoms with E-state index in [1.807, 2.05) is 38.1 Å². The highest BCUT2D eigenvalue weighted by molar-refractivity contribution is 7.98. The number of anilines is 1. The summed E-state index contributed by atoms with van der Waals surface area (Å²) in [4.78, 5) is 12.8. The minimum atomic E-state index is 0.0125. The van der Waals surface area contributed by atoms with Gasteiger partial charge in [-0.15, -0.1) is 0 Å². The molecule has 7 heteroatoms. The highest BCUT2D eigenvalue weighted by Crippen LogP contribution is 2.25. The topological polar surface area (TPSA) is 59.9 Å². The van der Waals surface area contributed by atoms with Crippen LogP contribution in [0.4, 0.5) is 5.95 Å². The van der Waals surface area contributed by atoms with Crippen molar-refractivity contribution in [2.24, 2.45) is 0 Å². The first-order valence-electron chi connectivity index (χ1n) is 6.55. The van der Waals surface area contributed by atoms with Crippen LogP contribution in [0.15, 0.2) is 29.4 Å². The molecule has 5 nitrogen and oxygen atoms in total. The minimum absolute atomic E-state index is 0.0125. The van der Waals surface area contributed by atoms with Crippen LogP contribution in [0.2, 0.25) is 5.02 Å². The van der Waals surface area contributed by atoms with Crippen LogP contribution in [-0.4, -0.2) is 28.1 Å². The van der Waals surface area contributed by atoms with Gasteiger partial charge in [0.1, 0.15) is 0 Å². The van der Waals surface area contributed by atoms with E-state index in [9.17, 15) is 0 Å². The number of hydrogen-bond donors (Lipinski definition) is 1. The molecular weight excluding hydrogens is 308 g/mol. The van der Waals surface area contributed by atoms with E-state index in [-0.39, 0.29) is 6.10 Å². The van der Waals surface area contributed by atoms with Crippen LogP contribution in [-0.2, 0) is 5.75 Å². The predicted molar refractivity (Wildman–Crippen MR) is 86.2 cm³/mol. The lowest BCUT2D eigenvalue weighted by Crippen LogP contribution is -2.11.